The molecule has 2 rings (SSSR count). The molecule has 1 saturated heterocycles. The quantitative estimate of drug-likeness (QED) is 0.819. The van der Waals surface area contributed by atoms with Gasteiger partial charge in [0.1, 0.15) is 0 Å². The summed E-state index contributed by atoms with van der Waals surface area (Å²) in [5.41, 5.74) is 2.76. The van der Waals surface area contributed by atoms with E-state index in [-0.39, 0.29) is 18.1 Å². The van der Waals surface area contributed by atoms with Crippen molar-refractivity contribution in [3.8, 4) is 0 Å². The maximum absolute atomic E-state index is 12.4. The van der Waals surface area contributed by atoms with Crippen molar-refractivity contribution in [3.05, 3.63) is 41.2 Å². The van der Waals surface area contributed by atoms with Crippen LogP contribution < -0.4 is 5.32 Å². The van der Waals surface area contributed by atoms with Crippen molar-refractivity contribution in [3.63, 3.8) is 0 Å². The van der Waals surface area contributed by atoms with Crippen LogP contribution in [0.4, 0.5) is 0 Å². The first-order valence-corrected chi connectivity index (χ1v) is 8.18. The Balaban J connectivity index is 1.97. The van der Waals surface area contributed by atoms with E-state index < -0.39 is 0 Å². The van der Waals surface area contributed by atoms with Crippen molar-refractivity contribution in [1.29, 1.82) is 0 Å². The first-order chi connectivity index (χ1) is 11.1. The van der Waals surface area contributed by atoms with Crippen LogP contribution in [-0.4, -0.2) is 42.9 Å². The van der Waals surface area contributed by atoms with Gasteiger partial charge in [-0.05, 0) is 38.8 Å². The van der Waals surface area contributed by atoms with E-state index in [4.69, 9.17) is 9.47 Å². The molecule has 1 aliphatic rings. The van der Waals surface area contributed by atoms with E-state index in [0.717, 1.165) is 18.5 Å². The summed E-state index contributed by atoms with van der Waals surface area (Å²) in [7, 11) is 0. The van der Waals surface area contributed by atoms with Crippen molar-refractivity contribution in [2.24, 2.45) is 0 Å². The van der Waals surface area contributed by atoms with Crippen molar-refractivity contribution in [2.75, 3.05) is 19.8 Å². The lowest BCUT2D eigenvalue weighted by atomic mass is 10.1. The van der Waals surface area contributed by atoms with E-state index in [1.165, 1.54) is 5.57 Å². The number of rotatable bonds is 6. The van der Waals surface area contributed by atoms with E-state index in [9.17, 15) is 4.79 Å². The summed E-state index contributed by atoms with van der Waals surface area (Å²) in [5, 5.41) is 3.04. The molecule has 126 valence electrons. The molecule has 1 aromatic rings. The fourth-order valence-electron chi connectivity index (χ4n) is 2.46. The van der Waals surface area contributed by atoms with Crippen LogP contribution in [0.3, 0.4) is 0 Å². The van der Waals surface area contributed by atoms with Crippen molar-refractivity contribution < 1.29 is 14.3 Å². The molecule has 5 heteroatoms. The molecule has 0 unspecified atom stereocenters. The van der Waals surface area contributed by atoms with Crippen LogP contribution in [0, 0.1) is 0 Å². The monoisotopic (exact) mass is 318 g/mol. The lowest BCUT2D eigenvalue weighted by Gasteiger charge is -2.31. The highest BCUT2D eigenvalue weighted by molar-refractivity contribution is 5.94. The molecule has 2 atom stereocenters. The summed E-state index contributed by atoms with van der Waals surface area (Å²) in [6.45, 7) is 7.82. The fraction of sp³-hybridized carbons (Fsp3) is 0.556. The molecule has 1 aromatic heterocycles. The van der Waals surface area contributed by atoms with Crippen LogP contribution in [0.15, 0.2) is 30.0 Å². The molecule has 5 nitrogen and oxygen atoms in total. The molecule has 2 heterocycles. The fourth-order valence-corrected chi connectivity index (χ4v) is 2.46. The Kier molecular flexibility index (Phi) is 6.74. The zero-order valence-electron chi connectivity index (χ0n) is 14.2. The Labute approximate surface area is 138 Å². The number of nitrogens with zero attached hydrogens (tertiary/aromatic N) is 1. The molecule has 0 radical (unpaired) electrons. The summed E-state index contributed by atoms with van der Waals surface area (Å²) in [5.74, 6) is -0.103. The molecule has 0 aromatic carbocycles. The largest absolute Gasteiger partial charge is 0.379 e. The molecule has 1 aliphatic heterocycles. The highest BCUT2D eigenvalue weighted by atomic mass is 16.5. The predicted molar refractivity (Wildman–Crippen MR) is 89.5 cm³/mol. The van der Waals surface area contributed by atoms with Crippen LogP contribution in [0.1, 0.15) is 43.2 Å². The van der Waals surface area contributed by atoms with Gasteiger partial charge in [-0.3, -0.25) is 9.78 Å². The van der Waals surface area contributed by atoms with Gasteiger partial charge in [-0.1, -0.05) is 18.6 Å². The van der Waals surface area contributed by atoms with Gasteiger partial charge >= 0.3 is 0 Å². The van der Waals surface area contributed by atoms with Gasteiger partial charge in [0.2, 0.25) is 0 Å². The maximum Gasteiger partial charge on any atom is 0.251 e. The number of carbonyl (C=O) groups is 1. The van der Waals surface area contributed by atoms with Gasteiger partial charge in [-0.15, -0.1) is 0 Å². The number of carbonyl (C=O) groups excluding carboxylic acids is 1. The van der Waals surface area contributed by atoms with Gasteiger partial charge in [-0.25, -0.2) is 0 Å². The minimum absolute atomic E-state index is 0.0178. The maximum atomic E-state index is 12.4. The van der Waals surface area contributed by atoms with E-state index in [0.29, 0.717) is 25.4 Å². The Morgan fingerprint density at radius 2 is 2.35 bits per heavy atom. The van der Waals surface area contributed by atoms with Gasteiger partial charge in [0, 0.05) is 24.1 Å². The van der Waals surface area contributed by atoms with Crippen molar-refractivity contribution >= 4 is 5.91 Å². The average Bonchev–Trinajstić information content (AvgIpc) is 2.56. The van der Waals surface area contributed by atoms with Gasteiger partial charge in [0.25, 0.3) is 5.91 Å². The number of aryl methyl sites for hydroxylation is 1. The van der Waals surface area contributed by atoms with E-state index in [1.54, 1.807) is 12.3 Å². The zero-order chi connectivity index (χ0) is 16.7. The summed E-state index contributed by atoms with van der Waals surface area (Å²) < 4.78 is 11.4. The third-order valence-corrected chi connectivity index (χ3v) is 3.85. The third kappa shape index (κ3) is 5.44. The van der Waals surface area contributed by atoms with Gasteiger partial charge < -0.3 is 14.8 Å². The molecule has 0 aliphatic carbocycles. The third-order valence-electron chi connectivity index (χ3n) is 3.85. The van der Waals surface area contributed by atoms with Crippen LogP contribution >= 0.6 is 0 Å². The second-order valence-electron chi connectivity index (χ2n) is 5.99. The van der Waals surface area contributed by atoms with E-state index >= 15 is 0 Å². The number of hydrogen-bond acceptors (Lipinski definition) is 4. The minimum Gasteiger partial charge on any atom is -0.379 e. The zero-order valence-corrected chi connectivity index (χ0v) is 14.2. The Hall–Kier alpha value is -1.72. The summed E-state index contributed by atoms with van der Waals surface area (Å²) in [6.07, 6.45) is 5.30. The molecule has 0 spiro atoms. The highest BCUT2D eigenvalue weighted by Crippen LogP contribution is 2.13. The smallest absolute Gasteiger partial charge is 0.251 e. The molecule has 23 heavy (non-hydrogen) atoms. The summed E-state index contributed by atoms with van der Waals surface area (Å²) >= 11 is 0. The first kappa shape index (κ1) is 17.6. The number of pyridine rings is 1. The molecular weight excluding hydrogens is 292 g/mol. The number of hydrogen-bond donors (Lipinski definition) is 1. The van der Waals surface area contributed by atoms with Crippen LogP contribution in [0.25, 0.3) is 0 Å². The summed E-state index contributed by atoms with van der Waals surface area (Å²) in [6, 6.07) is 3.44. The van der Waals surface area contributed by atoms with Crippen LogP contribution in [0.5, 0.6) is 0 Å². The van der Waals surface area contributed by atoms with E-state index in [1.807, 2.05) is 32.9 Å². The lowest BCUT2D eigenvalue weighted by Crippen LogP contribution is -2.50. The summed E-state index contributed by atoms with van der Waals surface area (Å²) in [4.78, 5) is 16.7. The number of ether oxygens (including phenoxy) is 2. The average molecular weight is 318 g/mol. The number of allylic oxidation sites excluding steroid dienone is 1. The molecule has 1 fully saturated rings. The Morgan fingerprint density at radius 3 is 3.09 bits per heavy atom. The van der Waals surface area contributed by atoms with Gasteiger partial charge in [0.15, 0.2) is 0 Å². The predicted octanol–water partition coefficient (Wildman–Crippen LogP) is 2.51. The number of aromatic nitrogens is 1. The first-order valence-electron chi connectivity index (χ1n) is 8.18. The Bertz CT molecular complexity index is 553. The molecule has 0 bridgehead atoms. The van der Waals surface area contributed by atoms with E-state index in [2.05, 4.69) is 10.3 Å². The van der Waals surface area contributed by atoms with Crippen molar-refractivity contribution in [2.45, 2.75) is 45.8 Å². The second kappa shape index (κ2) is 8.79. The Morgan fingerprint density at radius 1 is 1.52 bits per heavy atom. The molecule has 1 N–H and O–H groups in total. The number of amides is 1. The minimum atomic E-state index is -0.125. The van der Waals surface area contributed by atoms with Crippen LogP contribution in [-0.2, 0) is 15.9 Å². The molecular formula is C18H26N2O3. The van der Waals surface area contributed by atoms with Gasteiger partial charge in [-0.2, -0.15) is 0 Å². The lowest BCUT2D eigenvalue weighted by molar-refractivity contribution is -0.0457. The standard InChI is InChI=1S/C18H26N2O3/c1-4-15-11-14(5-8-19-15)18(21)20-16-12-22-9-7-17(16)23-10-6-13(2)3/h5-6,8,11,16-17H,4,7,9-10,12H2,1-3H3,(H,20,21)/t16-,17+/m0/s1. The van der Waals surface area contributed by atoms with Crippen molar-refractivity contribution in [1.82, 2.24) is 10.3 Å². The molecule has 1 amide bonds. The SMILES string of the molecule is CCc1cc(C(=O)N[C@H]2COCC[C@H]2OCC=C(C)C)ccn1. The topological polar surface area (TPSA) is 60.5 Å². The highest BCUT2D eigenvalue weighted by Gasteiger charge is 2.28. The molecule has 0 saturated carbocycles. The van der Waals surface area contributed by atoms with Crippen LogP contribution in [0.2, 0.25) is 0 Å². The van der Waals surface area contributed by atoms with Gasteiger partial charge in [0.05, 0.1) is 25.4 Å². The second-order valence-corrected chi connectivity index (χ2v) is 5.99. The normalized spacial score (nSPS) is 20.8. The number of nitrogens with one attached hydrogen (secondary N) is 1.